The van der Waals surface area contributed by atoms with Crippen LogP contribution in [0, 0.1) is 13.8 Å². The summed E-state index contributed by atoms with van der Waals surface area (Å²) >= 11 is 0. The Bertz CT molecular complexity index is 436. The first-order chi connectivity index (χ1) is 8.00. The summed E-state index contributed by atoms with van der Waals surface area (Å²) in [6, 6.07) is 2.17. The van der Waals surface area contributed by atoms with Crippen LogP contribution in [0.5, 0.6) is 11.5 Å². The van der Waals surface area contributed by atoms with Gasteiger partial charge in [-0.25, -0.2) is 0 Å². The van der Waals surface area contributed by atoms with Crippen LogP contribution in [0.25, 0.3) is 0 Å². The Labute approximate surface area is 103 Å². The maximum absolute atomic E-state index is 6.19. The van der Waals surface area contributed by atoms with Gasteiger partial charge in [-0.3, -0.25) is 0 Å². The van der Waals surface area contributed by atoms with Gasteiger partial charge < -0.3 is 15.2 Å². The summed E-state index contributed by atoms with van der Waals surface area (Å²) in [6.07, 6.45) is 3.07. The van der Waals surface area contributed by atoms with Crippen LogP contribution in [0.2, 0.25) is 0 Å². The Morgan fingerprint density at radius 3 is 2.24 bits per heavy atom. The molecule has 0 heterocycles. The first kappa shape index (κ1) is 12.2. The highest BCUT2D eigenvalue weighted by molar-refractivity contribution is 5.55. The molecule has 1 aromatic rings. The third-order valence-electron chi connectivity index (χ3n) is 3.66. The quantitative estimate of drug-likeness (QED) is 0.871. The molecule has 1 aliphatic rings. The maximum atomic E-state index is 6.19. The molecule has 0 unspecified atom stereocenters. The fraction of sp³-hybridized carbons (Fsp3) is 0.571. The van der Waals surface area contributed by atoms with E-state index in [9.17, 15) is 0 Å². The zero-order valence-electron chi connectivity index (χ0n) is 11.1. The second-order valence-corrected chi connectivity index (χ2v) is 5.08. The van der Waals surface area contributed by atoms with Crippen LogP contribution in [0.4, 0.5) is 0 Å². The lowest BCUT2D eigenvalue weighted by atomic mass is 9.97. The minimum atomic E-state index is -0.0139. The van der Waals surface area contributed by atoms with Crippen molar-refractivity contribution in [3.63, 3.8) is 0 Å². The van der Waals surface area contributed by atoms with Crippen LogP contribution in [0.3, 0.4) is 0 Å². The summed E-state index contributed by atoms with van der Waals surface area (Å²) < 4.78 is 11.0. The van der Waals surface area contributed by atoms with E-state index in [-0.39, 0.29) is 5.54 Å². The number of hydrogen-bond acceptors (Lipinski definition) is 3. The standard InChI is InChI=1S/C14H21NO2/c1-9-7-11(8-14(15)5-6-14)13(17-4)12(16-3)10(9)2/h7H,5-6,8,15H2,1-4H3. The number of rotatable bonds is 4. The second-order valence-electron chi connectivity index (χ2n) is 5.08. The van der Waals surface area contributed by atoms with Gasteiger partial charge >= 0.3 is 0 Å². The van der Waals surface area contributed by atoms with E-state index in [0.717, 1.165) is 41.9 Å². The molecule has 1 fully saturated rings. The van der Waals surface area contributed by atoms with E-state index in [4.69, 9.17) is 15.2 Å². The van der Waals surface area contributed by atoms with E-state index in [2.05, 4.69) is 19.9 Å². The highest BCUT2D eigenvalue weighted by atomic mass is 16.5. The average Bonchev–Trinajstić information content (AvgIpc) is 3.00. The molecular weight excluding hydrogens is 214 g/mol. The fourth-order valence-corrected chi connectivity index (χ4v) is 2.25. The molecule has 2 rings (SSSR count). The number of hydrogen-bond donors (Lipinski definition) is 1. The summed E-state index contributed by atoms with van der Waals surface area (Å²) in [5.74, 6) is 1.68. The van der Waals surface area contributed by atoms with Gasteiger partial charge in [-0.1, -0.05) is 6.07 Å². The smallest absolute Gasteiger partial charge is 0.164 e. The topological polar surface area (TPSA) is 44.5 Å². The van der Waals surface area contributed by atoms with Crippen molar-refractivity contribution in [2.24, 2.45) is 5.73 Å². The van der Waals surface area contributed by atoms with Gasteiger partial charge in [-0.15, -0.1) is 0 Å². The molecule has 0 saturated heterocycles. The van der Waals surface area contributed by atoms with Crippen LogP contribution in [-0.4, -0.2) is 19.8 Å². The zero-order chi connectivity index (χ0) is 12.6. The normalized spacial score (nSPS) is 16.8. The Hall–Kier alpha value is -1.22. The molecule has 17 heavy (non-hydrogen) atoms. The molecule has 1 saturated carbocycles. The molecule has 0 bridgehead atoms. The minimum Gasteiger partial charge on any atom is -0.493 e. The zero-order valence-corrected chi connectivity index (χ0v) is 11.1. The van der Waals surface area contributed by atoms with Gasteiger partial charge in [0.2, 0.25) is 0 Å². The molecule has 1 aromatic carbocycles. The number of aryl methyl sites for hydroxylation is 1. The second kappa shape index (κ2) is 4.22. The maximum Gasteiger partial charge on any atom is 0.164 e. The minimum absolute atomic E-state index is 0.0139. The summed E-state index contributed by atoms with van der Waals surface area (Å²) in [5, 5.41) is 0. The largest absolute Gasteiger partial charge is 0.493 e. The van der Waals surface area contributed by atoms with Crippen LogP contribution in [0.1, 0.15) is 29.5 Å². The number of methoxy groups -OCH3 is 2. The summed E-state index contributed by atoms with van der Waals surface area (Å²) in [6.45, 7) is 4.15. The Balaban J connectivity index is 2.46. The van der Waals surface area contributed by atoms with Gasteiger partial charge in [0.25, 0.3) is 0 Å². The van der Waals surface area contributed by atoms with Crippen molar-refractivity contribution in [2.45, 2.75) is 38.6 Å². The lowest BCUT2D eigenvalue weighted by Crippen LogP contribution is -2.25. The first-order valence-corrected chi connectivity index (χ1v) is 6.00. The van der Waals surface area contributed by atoms with Gasteiger partial charge in [0, 0.05) is 11.1 Å². The van der Waals surface area contributed by atoms with Gasteiger partial charge in [-0.05, 0) is 44.2 Å². The van der Waals surface area contributed by atoms with Crippen molar-refractivity contribution in [1.82, 2.24) is 0 Å². The monoisotopic (exact) mass is 235 g/mol. The van der Waals surface area contributed by atoms with Gasteiger partial charge in [0.15, 0.2) is 11.5 Å². The highest BCUT2D eigenvalue weighted by Gasteiger charge is 2.39. The predicted molar refractivity (Wildman–Crippen MR) is 68.9 cm³/mol. The molecule has 0 amide bonds. The highest BCUT2D eigenvalue weighted by Crippen LogP contribution is 2.42. The van der Waals surface area contributed by atoms with Crippen molar-refractivity contribution in [2.75, 3.05) is 14.2 Å². The van der Waals surface area contributed by atoms with Gasteiger partial charge in [-0.2, -0.15) is 0 Å². The van der Waals surface area contributed by atoms with Crippen molar-refractivity contribution in [3.05, 3.63) is 22.8 Å². The van der Waals surface area contributed by atoms with Crippen LogP contribution in [-0.2, 0) is 6.42 Å². The summed E-state index contributed by atoms with van der Waals surface area (Å²) in [5.41, 5.74) is 9.69. The SMILES string of the molecule is COc1c(CC2(N)CC2)cc(C)c(C)c1OC. The van der Waals surface area contributed by atoms with Gasteiger partial charge in [0.05, 0.1) is 14.2 Å². The van der Waals surface area contributed by atoms with Gasteiger partial charge in [0.1, 0.15) is 0 Å². The summed E-state index contributed by atoms with van der Waals surface area (Å²) in [4.78, 5) is 0. The Morgan fingerprint density at radius 2 is 1.76 bits per heavy atom. The van der Waals surface area contributed by atoms with Crippen molar-refractivity contribution >= 4 is 0 Å². The van der Waals surface area contributed by atoms with Crippen LogP contribution < -0.4 is 15.2 Å². The van der Waals surface area contributed by atoms with E-state index in [1.165, 1.54) is 5.56 Å². The molecule has 0 atom stereocenters. The number of nitrogens with two attached hydrogens (primary N) is 1. The van der Waals surface area contributed by atoms with E-state index in [1.807, 2.05) is 0 Å². The molecule has 3 heteroatoms. The first-order valence-electron chi connectivity index (χ1n) is 6.00. The van der Waals surface area contributed by atoms with Crippen LogP contribution >= 0.6 is 0 Å². The third kappa shape index (κ3) is 2.25. The van der Waals surface area contributed by atoms with E-state index < -0.39 is 0 Å². The number of benzene rings is 1. The molecule has 0 radical (unpaired) electrons. The van der Waals surface area contributed by atoms with Crippen LogP contribution in [0.15, 0.2) is 6.07 Å². The van der Waals surface area contributed by atoms with Crippen molar-refractivity contribution in [1.29, 1.82) is 0 Å². The molecule has 0 spiro atoms. The Morgan fingerprint density at radius 1 is 1.18 bits per heavy atom. The predicted octanol–water partition coefficient (Wildman–Crippen LogP) is 2.35. The molecule has 0 aromatic heterocycles. The lowest BCUT2D eigenvalue weighted by Gasteiger charge is -2.19. The van der Waals surface area contributed by atoms with Crippen molar-refractivity contribution < 1.29 is 9.47 Å². The number of ether oxygens (including phenoxy) is 2. The Kier molecular flexibility index (Phi) is 3.04. The molecule has 2 N–H and O–H groups in total. The molecular formula is C14H21NO2. The van der Waals surface area contributed by atoms with E-state index >= 15 is 0 Å². The molecule has 1 aliphatic carbocycles. The van der Waals surface area contributed by atoms with E-state index in [0.29, 0.717) is 0 Å². The summed E-state index contributed by atoms with van der Waals surface area (Å²) in [7, 11) is 3.37. The van der Waals surface area contributed by atoms with Crippen molar-refractivity contribution in [3.8, 4) is 11.5 Å². The van der Waals surface area contributed by atoms with E-state index in [1.54, 1.807) is 14.2 Å². The lowest BCUT2D eigenvalue weighted by molar-refractivity contribution is 0.348. The fourth-order valence-electron chi connectivity index (χ4n) is 2.25. The molecule has 3 nitrogen and oxygen atoms in total. The third-order valence-corrected chi connectivity index (χ3v) is 3.66. The average molecular weight is 235 g/mol. The molecule has 94 valence electrons. The molecule has 0 aliphatic heterocycles.